The van der Waals surface area contributed by atoms with E-state index in [1.54, 1.807) is 0 Å². The molecule has 0 aliphatic heterocycles. The number of alkyl halides is 2. The molecule has 22 heavy (non-hydrogen) atoms. The minimum Gasteiger partial charge on any atom is -0.435 e. The lowest BCUT2D eigenvalue weighted by Gasteiger charge is -2.12. The predicted octanol–water partition coefficient (Wildman–Crippen LogP) is 4.89. The topological polar surface area (TPSA) is 33.3 Å². The predicted molar refractivity (Wildman–Crippen MR) is 84.3 cm³/mol. The van der Waals surface area contributed by atoms with E-state index in [0.29, 0.717) is 5.69 Å². The maximum atomic E-state index is 13.6. The lowest BCUT2D eigenvalue weighted by atomic mass is 10.3. The van der Waals surface area contributed by atoms with Gasteiger partial charge in [0.15, 0.2) is 5.11 Å². The number of halogens is 4. The monoisotopic (exact) mass is 346 g/mol. The Kier molecular flexibility index (Phi) is 5.46. The average Bonchev–Trinajstić information content (AvgIpc) is 2.43. The van der Waals surface area contributed by atoms with Crippen LogP contribution >= 0.6 is 23.8 Å². The molecule has 0 heterocycles. The van der Waals surface area contributed by atoms with Gasteiger partial charge in [-0.3, -0.25) is 0 Å². The molecule has 0 aromatic heterocycles. The third kappa shape index (κ3) is 4.78. The van der Waals surface area contributed by atoms with Crippen molar-refractivity contribution >= 4 is 40.3 Å². The summed E-state index contributed by atoms with van der Waals surface area (Å²) in [5, 5.41) is 5.88. The van der Waals surface area contributed by atoms with Gasteiger partial charge < -0.3 is 15.4 Å². The van der Waals surface area contributed by atoms with Gasteiger partial charge in [0.2, 0.25) is 0 Å². The summed E-state index contributed by atoms with van der Waals surface area (Å²) in [6.07, 6.45) is 0. The molecule has 0 unspecified atom stereocenters. The van der Waals surface area contributed by atoms with Crippen LogP contribution in [-0.4, -0.2) is 11.7 Å². The van der Waals surface area contributed by atoms with Crippen molar-refractivity contribution in [2.45, 2.75) is 6.61 Å². The molecule has 0 aliphatic rings. The number of anilines is 2. The highest BCUT2D eigenvalue weighted by atomic mass is 35.5. The van der Waals surface area contributed by atoms with E-state index in [9.17, 15) is 13.2 Å². The van der Waals surface area contributed by atoms with E-state index in [1.807, 2.05) is 0 Å². The molecule has 3 nitrogen and oxygen atoms in total. The van der Waals surface area contributed by atoms with Crippen LogP contribution in [0.2, 0.25) is 5.02 Å². The maximum absolute atomic E-state index is 13.6. The molecule has 0 bridgehead atoms. The molecule has 0 radical (unpaired) electrons. The van der Waals surface area contributed by atoms with E-state index in [2.05, 4.69) is 15.4 Å². The molecule has 0 fully saturated rings. The summed E-state index contributed by atoms with van der Waals surface area (Å²) in [7, 11) is 0. The van der Waals surface area contributed by atoms with E-state index in [1.165, 1.54) is 36.4 Å². The summed E-state index contributed by atoms with van der Waals surface area (Å²) in [6.45, 7) is -2.88. The number of hydrogen-bond acceptors (Lipinski definition) is 2. The number of hydrogen-bond donors (Lipinski definition) is 2. The van der Waals surface area contributed by atoms with E-state index < -0.39 is 12.4 Å². The van der Waals surface area contributed by atoms with Gasteiger partial charge in [-0.15, -0.1) is 0 Å². The van der Waals surface area contributed by atoms with Gasteiger partial charge in [-0.25, -0.2) is 4.39 Å². The third-order valence-corrected chi connectivity index (χ3v) is 2.96. The molecular weight excluding hydrogens is 337 g/mol. The maximum Gasteiger partial charge on any atom is 0.387 e. The molecular formula is C14H10ClF3N2OS. The molecule has 2 N–H and O–H groups in total. The zero-order valence-corrected chi connectivity index (χ0v) is 12.5. The van der Waals surface area contributed by atoms with Crippen LogP contribution in [0.25, 0.3) is 0 Å². The Bertz CT molecular complexity index is 668. The van der Waals surface area contributed by atoms with E-state index >= 15 is 0 Å². The van der Waals surface area contributed by atoms with Gasteiger partial charge >= 0.3 is 6.61 Å². The van der Waals surface area contributed by atoms with Gasteiger partial charge in [-0.1, -0.05) is 11.6 Å². The molecule has 2 aromatic carbocycles. The Hall–Kier alpha value is -1.99. The first-order valence-corrected chi connectivity index (χ1v) is 6.80. The zero-order valence-electron chi connectivity index (χ0n) is 10.9. The molecule has 0 atom stereocenters. The first-order valence-electron chi connectivity index (χ1n) is 6.02. The molecule has 2 rings (SSSR count). The summed E-state index contributed by atoms with van der Waals surface area (Å²) in [4.78, 5) is 0. The van der Waals surface area contributed by atoms with Gasteiger partial charge in [0.05, 0.1) is 5.69 Å². The number of rotatable bonds is 4. The van der Waals surface area contributed by atoms with Crippen LogP contribution in [0.5, 0.6) is 5.75 Å². The molecule has 116 valence electrons. The minimum absolute atomic E-state index is 0.0307. The van der Waals surface area contributed by atoms with Crippen LogP contribution in [0.15, 0.2) is 42.5 Å². The fourth-order valence-electron chi connectivity index (χ4n) is 1.60. The highest BCUT2D eigenvalue weighted by molar-refractivity contribution is 7.80. The zero-order chi connectivity index (χ0) is 16.1. The Balaban J connectivity index is 1.97. The van der Waals surface area contributed by atoms with E-state index in [-0.39, 0.29) is 21.6 Å². The summed E-state index contributed by atoms with van der Waals surface area (Å²) in [5.41, 5.74) is 0.702. The number of benzene rings is 2. The second kappa shape index (κ2) is 7.33. The second-order valence-electron chi connectivity index (χ2n) is 4.11. The number of ether oxygens (including phenoxy) is 1. The average molecular weight is 347 g/mol. The van der Waals surface area contributed by atoms with Crippen molar-refractivity contribution in [2.24, 2.45) is 0 Å². The Labute approximate surface area is 135 Å². The smallest absolute Gasteiger partial charge is 0.387 e. The van der Waals surface area contributed by atoms with Crippen molar-refractivity contribution in [1.29, 1.82) is 0 Å². The van der Waals surface area contributed by atoms with Crippen LogP contribution in [0.1, 0.15) is 0 Å². The quantitative estimate of drug-likeness (QED) is 0.772. The summed E-state index contributed by atoms with van der Waals surface area (Å²) in [6, 6.07) is 9.86. The van der Waals surface area contributed by atoms with Crippen molar-refractivity contribution in [3.63, 3.8) is 0 Å². The van der Waals surface area contributed by atoms with E-state index in [4.69, 9.17) is 23.8 Å². The molecule has 0 amide bonds. The molecule has 0 spiro atoms. The SMILES string of the molecule is Fc1cc(Cl)ccc1NC(=S)Nc1ccc(OC(F)F)cc1. The van der Waals surface area contributed by atoms with Crippen LogP contribution in [0, 0.1) is 5.82 Å². The lowest BCUT2D eigenvalue weighted by Crippen LogP contribution is -2.19. The van der Waals surface area contributed by atoms with Crippen LogP contribution in [0.3, 0.4) is 0 Å². The highest BCUT2D eigenvalue weighted by Crippen LogP contribution is 2.20. The van der Waals surface area contributed by atoms with Crippen LogP contribution in [-0.2, 0) is 0 Å². The first-order chi connectivity index (χ1) is 10.4. The fraction of sp³-hybridized carbons (Fsp3) is 0.0714. The van der Waals surface area contributed by atoms with Gasteiger partial charge in [0, 0.05) is 10.7 Å². The normalized spacial score (nSPS) is 10.4. The minimum atomic E-state index is -2.88. The lowest BCUT2D eigenvalue weighted by molar-refractivity contribution is -0.0498. The molecule has 0 saturated heterocycles. The largest absolute Gasteiger partial charge is 0.435 e. The van der Waals surface area contributed by atoms with Crippen LogP contribution in [0.4, 0.5) is 24.5 Å². The molecule has 2 aromatic rings. The molecule has 8 heteroatoms. The highest BCUT2D eigenvalue weighted by Gasteiger charge is 2.06. The Morgan fingerprint density at radius 1 is 1.09 bits per heavy atom. The number of nitrogens with one attached hydrogen (secondary N) is 2. The molecule has 0 aliphatic carbocycles. The summed E-state index contributed by atoms with van der Waals surface area (Å²) < 4.78 is 41.9. The van der Waals surface area contributed by atoms with Gasteiger partial charge in [-0.05, 0) is 54.7 Å². The fourth-order valence-corrected chi connectivity index (χ4v) is 1.98. The van der Waals surface area contributed by atoms with Gasteiger partial charge in [-0.2, -0.15) is 8.78 Å². The van der Waals surface area contributed by atoms with Crippen molar-refractivity contribution in [1.82, 2.24) is 0 Å². The molecule has 0 saturated carbocycles. The van der Waals surface area contributed by atoms with Crippen molar-refractivity contribution < 1.29 is 17.9 Å². The third-order valence-electron chi connectivity index (χ3n) is 2.52. The van der Waals surface area contributed by atoms with Crippen molar-refractivity contribution in [3.05, 3.63) is 53.3 Å². The standard InChI is InChI=1S/C14H10ClF3N2OS/c15-8-1-6-12(11(16)7-8)20-14(22)19-9-2-4-10(5-3-9)21-13(17)18/h1-7,13H,(H2,19,20,22). The van der Waals surface area contributed by atoms with Crippen molar-refractivity contribution in [3.8, 4) is 5.75 Å². The Morgan fingerprint density at radius 3 is 2.36 bits per heavy atom. The summed E-state index contributed by atoms with van der Waals surface area (Å²) in [5.74, 6) is -0.513. The van der Waals surface area contributed by atoms with Crippen LogP contribution < -0.4 is 15.4 Å². The summed E-state index contributed by atoms with van der Waals surface area (Å²) >= 11 is 10.7. The Morgan fingerprint density at radius 2 is 1.77 bits per heavy atom. The van der Waals surface area contributed by atoms with Gasteiger partial charge in [0.25, 0.3) is 0 Å². The van der Waals surface area contributed by atoms with E-state index in [0.717, 1.165) is 6.07 Å². The number of thiocarbonyl (C=S) groups is 1. The van der Waals surface area contributed by atoms with Gasteiger partial charge in [0.1, 0.15) is 11.6 Å². The van der Waals surface area contributed by atoms with Crippen molar-refractivity contribution in [2.75, 3.05) is 10.6 Å². The first kappa shape index (κ1) is 16.4. The second-order valence-corrected chi connectivity index (χ2v) is 4.95.